The summed E-state index contributed by atoms with van der Waals surface area (Å²) >= 11 is 5.68. The summed E-state index contributed by atoms with van der Waals surface area (Å²) in [5.74, 6) is -0.167. The van der Waals surface area contributed by atoms with Gasteiger partial charge >= 0.3 is 0 Å². The SMILES string of the molecule is O=C(NC1CC1)c1[nH]ncc1Cl. The highest BCUT2D eigenvalue weighted by Crippen LogP contribution is 2.20. The van der Waals surface area contributed by atoms with Crippen LogP contribution in [0.2, 0.25) is 5.02 Å². The molecular formula is C7H8ClN3O. The lowest BCUT2D eigenvalue weighted by molar-refractivity contribution is 0.0946. The number of amides is 1. The van der Waals surface area contributed by atoms with Gasteiger partial charge in [-0.1, -0.05) is 11.6 Å². The highest BCUT2D eigenvalue weighted by atomic mass is 35.5. The number of aromatic nitrogens is 2. The van der Waals surface area contributed by atoms with E-state index in [1.54, 1.807) is 0 Å². The van der Waals surface area contributed by atoms with Crippen LogP contribution >= 0.6 is 11.6 Å². The van der Waals surface area contributed by atoms with E-state index in [9.17, 15) is 4.79 Å². The molecule has 0 spiro atoms. The zero-order valence-corrected chi connectivity index (χ0v) is 7.06. The molecule has 1 aromatic rings. The number of nitrogens with one attached hydrogen (secondary N) is 2. The Kier molecular flexibility index (Phi) is 1.77. The molecule has 64 valence electrons. The number of carbonyl (C=O) groups is 1. The maximum Gasteiger partial charge on any atom is 0.271 e. The van der Waals surface area contributed by atoms with E-state index in [0.717, 1.165) is 12.8 Å². The first-order valence-electron chi connectivity index (χ1n) is 3.77. The van der Waals surface area contributed by atoms with E-state index in [1.807, 2.05) is 0 Å². The summed E-state index contributed by atoms with van der Waals surface area (Å²) in [6, 6.07) is 0.344. The Morgan fingerprint density at radius 2 is 2.50 bits per heavy atom. The third-order valence-corrected chi connectivity index (χ3v) is 2.02. The normalized spacial score (nSPS) is 16.1. The summed E-state index contributed by atoms with van der Waals surface area (Å²) in [5.41, 5.74) is 0.351. The molecule has 1 aromatic heterocycles. The van der Waals surface area contributed by atoms with Gasteiger partial charge in [-0.15, -0.1) is 0 Å². The quantitative estimate of drug-likeness (QED) is 0.721. The van der Waals surface area contributed by atoms with E-state index < -0.39 is 0 Å². The van der Waals surface area contributed by atoms with Crippen molar-refractivity contribution in [2.24, 2.45) is 0 Å². The second kappa shape index (κ2) is 2.79. The molecule has 1 aliphatic rings. The second-order valence-corrected chi connectivity index (χ2v) is 3.25. The van der Waals surface area contributed by atoms with Gasteiger partial charge in [0.1, 0.15) is 5.69 Å². The van der Waals surface area contributed by atoms with Crippen LogP contribution in [0.25, 0.3) is 0 Å². The number of carbonyl (C=O) groups excluding carboxylic acids is 1. The van der Waals surface area contributed by atoms with Gasteiger partial charge in [0, 0.05) is 6.04 Å². The fourth-order valence-corrected chi connectivity index (χ4v) is 1.09. The molecule has 0 bridgehead atoms. The van der Waals surface area contributed by atoms with Crippen LogP contribution in [0.4, 0.5) is 0 Å². The van der Waals surface area contributed by atoms with Crippen molar-refractivity contribution in [2.75, 3.05) is 0 Å². The molecule has 0 atom stereocenters. The molecule has 12 heavy (non-hydrogen) atoms. The summed E-state index contributed by atoms with van der Waals surface area (Å²) in [5, 5.41) is 9.37. The molecule has 2 rings (SSSR count). The number of aromatic amines is 1. The maximum atomic E-state index is 11.3. The standard InChI is InChI=1S/C7H8ClN3O/c8-5-3-9-11-6(5)7(12)10-4-1-2-4/h3-4H,1-2H2,(H,9,11)(H,10,12). The van der Waals surface area contributed by atoms with Crippen molar-refractivity contribution >= 4 is 17.5 Å². The van der Waals surface area contributed by atoms with Gasteiger partial charge in [-0.25, -0.2) is 0 Å². The molecule has 1 fully saturated rings. The fourth-order valence-electron chi connectivity index (χ4n) is 0.916. The van der Waals surface area contributed by atoms with Crippen molar-refractivity contribution in [3.63, 3.8) is 0 Å². The molecule has 2 N–H and O–H groups in total. The van der Waals surface area contributed by atoms with Gasteiger partial charge in [0.2, 0.25) is 0 Å². The zero-order valence-electron chi connectivity index (χ0n) is 6.30. The first-order valence-corrected chi connectivity index (χ1v) is 4.15. The van der Waals surface area contributed by atoms with E-state index >= 15 is 0 Å². The third kappa shape index (κ3) is 1.43. The van der Waals surface area contributed by atoms with Crippen LogP contribution in [-0.2, 0) is 0 Å². The van der Waals surface area contributed by atoms with Crippen LogP contribution in [0, 0.1) is 0 Å². The Balaban J connectivity index is 2.07. The minimum Gasteiger partial charge on any atom is -0.348 e. The number of hydrogen-bond donors (Lipinski definition) is 2. The van der Waals surface area contributed by atoms with Crippen LogP contribution in [-0.4, -0.2) is 22.1 Å². The average molecular weight is 186 g/mol. The highest BCUT2D eigenvalue weighted by Gasteiger charge is 2.25. The lowest BCUT2D eigenvalue weighted by Crippen LogP contribution is -2.25. The van der Waals surface area contributed by atoms with Crippen molar-refractivity contribution in [3.8, 4) is 0 Å². The molecule has 1 saturated carbocycles. The summed E-state index contributed by atoms with van der Waals surface area (Å²) in [6.45, 7) is 0. The molecular weight excluding hydrogens is 178 g/mol. The smallest absolute Gasteiger partial charge is 0.271 e. The topological polar surface area (TPSA) is 57.8 Å². The Labute approximate surface area is 74.3 Å². The van der Waals surface area contributed by atoms with Gasteiger partial charge in [0.15, 0.2) is 0 Å². The van der Waals surface area contributed by atoms with Crippen LogP contribution in [0.1, 0.15) is 23.3 Å². The Hall–Kier alpha value is -1.03. The van der Waals surface area contributed by atoms with Crippen molar-refractivity contribution < 1.29 is 4.79 Å². The van der Waals surface area contributed by atoms with Gasteiger partial charge < -0.3 is 5.32 Å². The molecule has 1 amide bonds. The average Bonchev–Trinajstić information content (AvgIpc) is 2.72. The van der Waals surface area contributed by atoms with E-state index in [4.69, 9.17) is 11.6 Å². The number of rotatable bonds is 2. The minimum atomic E-state index is -0.167. The van der Waals surface area contributed by atoms with Crippen molar-refractivity contribution in [2.45, 2.75) is 18.9 Å². The predicted octanol–water partition coefficient (Wildman–Crippen LogP) is 0.955. The van der Waals surface area contributed by atoms with Gasteiger partial charge in [-0.3, -0.25) is 9.89 Å². The van der Waals surface area contributed by atoms with Crippen LogP contribution in [0.5, 0.6) is 0 Å². The van der Waals surface area contributed by atoms with Crippen molar-refractivity contribution in [1.82, 2.24) is 15.5 Å². The number of H-pyrrole nitrogens is 1. The zero-order chi connectivity index (χ0) is 8.55. The molecule has 0 radical (unpaired) electrons. The fraction of sp³-hybridized carbons (Fsp3) is 0.429. The predicted molar refractivity (Wildman–Crippen MR) is 44.1 cm³/mol. The van der Waals surface area contributed by atoms with Crippen LogP contribution in [0.15, 0.2) is 6.20 Å². The van der Waals surface area contributed by atoms with Crippen LogP contribution < -0.4 is 5.32 Å². The first kappa shape index (κ1) is 7.61. The molecule has 0 unspecified atom stereocenters. The lowest BCUT2D eigenvalue weighted by Gasteiger charge is -1.99. The number of halogens is 1. The molecule has 1 heterocycles. The van der Waals surface area contributed by atoms with E-state index in [2.05, 4.69) is 15.5 Å². The number of nitrogens with zero attached hydrogens (tertiary/aromatic N) is 1. The largest absolute Gasteiger partial charge is 0.348 e. The van der Waals surface area contributed by atoms with Gasteiger partial charge in [-0.05, 0) is 12.8 Å². The molecule has 0 aromatic carbocycles. The van der Waals surface area contributed by atoms with E-state index in [-0.39, 0.29) is 5.91 Å². The van der Waals surface area contributed by atoms with E-state index in [0.29, 0.717) is 16.8 Å². The van der Waals surface area contributed by atoms with Gasteiger partial charge in [-0.2, -0.15) is 5.10 Å². The monoisotopic (exact) mass is 185 g/mol. The first-order chi connectivity index (χ1) is 5.77. The van der Waals surface area contributed by atoms with E-state index in [1.165, 1.54) is 6.20 Å². The van der Waals surface area contributed by atoms with Crippen molar-refractivity contribution in [1.29, 1.82) is 0 Å². The Morgan fingerprint density at radius 3 is 3.00 bits per heavy atom. The third-order valence-electron chi connectivity index (χ3n) is 1.73. The number of hydrogen-bond acceptors (Lipinski definition) is 2. The summed E-state index contributed by atoms with van der Waals surface area (Å²) in [6.07, 6.45) is 3.55. The molecule has 0 saturated heterocycles. The summed E-state index contributed by atoms with van der Waals surface area (Å²) in [4.78, 5) is 11.3. The minimum absolute atomic E-state index is 0.167. The molecule has 4 nitrogen and oxygen atoms in total. The Bertz CT molecular complexity index is 305. The maximum absolute atomic E-state index is 11.3. The lowest BCUT2D eigenvalue weighted by atomic mass is 10.4. The molecule has 0 aliphatic heterocycles. The van der Waals surface area contributed by atoms with Gasteiger partial charge in [0.05, 0.1) is 11.2 Å². The molecule has 1 aliphatic carbocycles. The second-order valence-electron chi connectivity index (χ2n) is 2.84. The summed E-state index contributed by atoms with van der Waals surface area (Å²) < 4.78 is 0. The highest BCUT2D eigenvalue weighted by molar-refractivity contribution is 6.33. The Morgan fingerprint density at radius 1 is 1.75 bits per heavy atom. The summed E-state index contributed by atoms with van der Waals surface area (Å²) in [7, 11) is 0. The van der Waals surface area contributed by atoms with Crippen molar-refractivity contribution in [3.05, 3.63) is 16.9 Å². The van der Waals surface area contributed by atoms with Crippen LogP contribution in [0.3, 0.4) is 0 Å². The van der Waals surface area contributed by atoms with Gasteiger partial charge in [0.25, 0.3) is 5.91 Å². The molecule has 5 heteroatoms.